The van der Waals surface area contributed by atoms with Crippen molar-refractivity contribution in [2.24, 2.45) is 0 Å². The maximum atomic E-state index is 12.8. The monoisotopic (exact) mass is 456 g/mol. The molecule has 2 aromatic heterocycles. The van der Waals surface area contributed by atoms with Crippen LogP contribution in [-0.4, -0.2) is 26.2 Å². The van der Waals surface area contributed by atoms with Crippen molar-refractivity contribution in [3.63, 3.8) is 0 Å². The van der Waals surface area contributed by atoms with E-state index >= 15 is 0 Å². The molecule has 1 N–H and O–H groups in total. The van der Waals surface area contributed by atoms with Gasteiger partial charge in [-0.25, -0.2) is 9.97 Å². The lowest BCUT2D eigenvalue weighted by molar-refractivity contribution is -0.113. The van der Waals surface area contributed by atoms with Gasteiger partial charge < -0.3 is 5.32 Å². The largest absolute Gasteiger partial charge is 0.301 e. The van der Waals surface area contributed by atoms with E-state index < -0.39 is 0 Å². The van der Waals surface area contributed by atoms with E-state index in [4.69, 9.17) is 11.6 Å². The number of rotatable bonds is 6. The molecule has 0 saturated carbocycles. The van der Waals surface area contributed by atoms with Gasteiger partial charge in [-0.1, -0.05) is 46.8 Å². The van der Waals surface area contributed by atoms with Crippen LogP contribution in [0.2, 0.25) is 5.02 Å². The molecular formula is C21H17ClN4O2S2. The number of carbonyl (C=O) groups is 1. The summed E-state index contributed by atoms with van der Waals surface area (Å²) in [6.07, 6.45) is 1.62. The highest BCUT2D eigenvalue weighted by atomic mass is 35.5. The van der Waals surface area contributed by atoms with E-state index in [9.17, 15) is 9.59 Å². The summed E-state index contributed by atoms with van der Waals surface area (Å²) in [5.74, 6) is -0.133. The molecular weight excluding hydrogens is 440 g/mol. The summed E-state index contributed by atoms with van der Waals surface area (Å²) >= 11 is 8.66. The Morgan fingerprint density at radius 2 is 2.10 bits per heavy atom. The third-order valence-electron chi connectivity index (χ3n) is 4.32. The van der Waals surface area contributed by atoms with Crippen LogP contribution >= 0.6 is 34.7 Å². The molecule has 0 aliphatic rings. The number of anilines is 1. The van der Waals surface area contributed by atoms with Crippen molar-refractivity contribution in [1.82, 2.24) is 14.5 Å². The summed E-state index contributed by atoms with van der Waals surface area (Å²) in [4.78, 5) is 34.3. The molecule has 0 atom stereocenters. The minimum absolute atomic E-state index is 0.0879. The molecule has 0 spiro atoms. The molecule has 2 heterocycles. The molecule has 30 heavy (non-hydrogen) atoms. The molecule has 1 amide bonds. The summed E-state index contributed by atoms with van der Waals surface area (Å²) in [6, 6.07) is 10.9. The van der Waals surface area contributed by atoms with Gasteiger partial charge in [0, 0.05) is 11.6 Å². The van der Waals surface area contributed by atoms with Crippen LogP contribution in [0.1, 0.15) is 5.56 Å². The minimum atomic E-state index is -0.221. The lowest BCUT2D eigenvalue weighted by Gasteiger charge is -2.11. The Labute approximate surface area is 185 Å². The molecule has 0 unspecified atom stereocenters. The van der Waals surface area contributed by atoms with Gasteiger partial charge in [0.05, 0.1) is 26.9 Å². The van der Waals surface area contributed by atoms with Crippen molar-refractivity contribution in [3.05, 3.63) is 70.0 Å². The maximum absolute atomic E-state index is 12.8. The van der Waals surface area contributed by atoms with E-state index in [1.54, 1.807) is 24.3 Å². The zero-order valence-corrected chi connectivity index (χ0v) is 18.4. The average Bonchev–Trinajstić information content (AvgIpc) is 3.09. The summed E-state index contributed by atoms with van der Waals surface area (Å²) in [7, 11) is 0. The maximum Gasteiger partial charge on any atom is 0.262 e. The van der Waals surface area contributed by atoms with Crippen molar-refractivity contribution >= 4 is 66.9 Å². The normalized spacial score (nSPS) is 11.1. The third kappa shape index (κ3) is 4.26. The molecule has 6 nitrogen and oxygen atoms in total. The van der Waals surface area contributed by atoms with E-state index in [1.165, 1.54) is 27.7 Å². The van der Waals surface area contributed by atoms with E-state index in [0.29, 0.717) is 32.8 Å². The van der Waals surface area contributed by atoms with Gasteiger partial charge in [-0.2, -0.15) is 0 Å². The average molecular weight is 457 g/mol. The number of hydrogen-bond donors (Lipinski definition) is 1. The van der Waals surface area contributed by atoms with E-state index in [0.717, 1.165) is 15.8 Å². The number of nitrogens with zero attached hydrogens (tertiary/aromatic N) is 3. The Morgan fingerprint density at radius 1 is 1.27 bits per heavy atom. The van der Waals surface area contributed by atoms with Gasteiger partial charge in [-0.05, 0) is 42.8 Å². The van der Waals surface area contributed by atoms with Gasteiger partial charge in [-0.15, -0.1) is 6.58 Å². The van der Waals surface area contributed by atoms with Gasteiger partial charge in [0.15, 0.2) is 10.3 Å². The number of benzene rings is 2. The number of aromatic nitrogens is 3. The highest BCUT2D eigenvalue weighted by Gasteiger charge is 2.14. The fourth-order valence-corrected chi connectivity index (χ4v) is 4.90. The lowest BCUT2D eigenvalue weighted by Crippen LogP contribution is -2.23. The Kier molecular flexibility index (Phi) is 5.90. The molecule has 152 valence electrons. The summed E-state index contributed by atoms with van der Waals surface area (Å²) in [6.45, 7) is 6.02. The van der Waals surface area contributed by atoms with Crippen LogP contribution in [0, 0.1) is 6.92 Å². The minimum Gasteiger partial charge on any atom is -0.301 e. The van der Waals surface area contributed by atoms with Crippen LogP contribution in [-0.2, 0) is 11.3 Å². The van der Waals surface area contributed by atoms with Gasteiger partial charge in [0.1, 0.15) is 0 Å². The topological polar surface area (TPSA) is 76.9 Å². The van der Waals surface area contributed by atoms with Gasteiger partial charge in [0.2, 0.25) is 5.91 Å². The number of halogens is 1. The lowest BCUT2D eigenvalue weighted by atomic mass is 10.2. The van der Waals surface area contributed by atoms with Crippen molar-refractivity contribution < 1.29 is 4.79 Å². The first-order valence-electron chi connectivity index (χ1n) is 9.05. The number of fused-ring (bicyclic) bond motifs is 2. The van der Waals surface area contributed by atoms with Crippen molar-refractivity contribution in [2.45, 2.75) is 18.6 Å². The van der Waals surface area contributed by atoms with Crippen molar-refractivity contribution in [3.8, 4) is 0 Å². The third-order valence-corrected chi connectivity index (χ3v) is 6.46. The van der Waals surface area contributed by atoms with Crippen LogP contribution in [0.5, 0.6) is 0 Å². The summed E-state index contributed by atoms with van der Waals surface area (Å²) in [5.41, 5.74) is 2.29. The Bertz CT molecular complexity index is 1350. The molecule has 4 rings (SSSR count). The second-order valence-corrected chi connectivity index (χ2v) is 9.00. The molecule has 4 aromatic rings. The van der Waals surface area contributed by atoms with Gasteiger partial charge in [0.25, 0.3) is 5.56 Å². The molecule has 0 aliphatic heterocycles. The van der Waals surface area contributed by atoms with Gasteiger partial charge >= 0.3 is 0 Å². The SMILES string of the molecule is C=CCn1c(SCC(=O)Nc2nc3ccc(C)cc3s2)nc2cc(Cl)ccc2c1=O. The number of aryl methyl sites for hydroxylation is 1. The highest BCUT2D eigenvalue weighted by Crippen LogP contribution is 2.27. The number of carbonyl (C=O) groups excluding carboxylic acids is 1. The number of hydrogen-bond acceptors (Lipinski definition) is 6. The number of nitrogens with one attached hydrogen (secondary N) is 1. The Balaban J connectivity index is 1.55. The van der Waals surface area contributed by atoms with Crippen LogP contribution in [0.4, 0.5) is 5.13 Å². The zero-order valence-electron chi connectivity index (χ0n) is 16.0. The Hall–Kier alpha value is -2.68. The number of allylic oxidation sites excluding steroid dienone is 1. The molecule has 0 bridgehead atoms. The van der Waals surface area contributed by atoms with Crippen LogP contribution in [0.3, 0.4) is 0 Å². The number of amides is 1. The first-order chi connectivity index (χ1) is 14.4. The molecule has 0 fully saturated rings. The number of thioether (sulfide) groups is 1. The summed E-state index contributed by atoms with van der Waals surface area (Å²) in [5, 5.41) is 4.77. The zero-order chi connectivity index (χ0) is 21.3. The highest BCUT2D eigenvalue weighted by molar-refractivity contribution is 7.99. The fourth-order valence-electron chi connectivity index (χ4n) is 2.94. The molecule has 9 heteroatoms. The van der Waals surface area contributed by atoms with Crippen molar-refractivity contribution in [1.29, 1.82) is 0 Å². The Morgan fingerprint density at radius 3 is 2.90 bits per heavy atom. The van der Waals surface area contributed by atoms with Crippen LogP contribution in [0.25, 0.3) is 21.1 Å². The smallest absolute Gasteiger partial charge is 0.262 e. The quantitative estimate of drug-likeness (QED) is 0.254. The molecule has 0 aliphatic carbocycles. The standard InChI is InChI=1S/C21H17ClN4O2S2/c1-3-8-26-19(28)14-6-5-13(22)10-16(14)24-21(26)29-11-18(27)25-20-23-15-7-4-12(2)9-17(15)30-20/h3-7,9-10H,1,8,11H2,2H3,(H,23,25,27). The predicted molar refractivity (Wildman–Crippen MR) is 125 cm³/mol. The molecule has 0 saturated heterocycles. The second-order valence-electron chi connectivity index (χ2n) is 6.59. The predicted octanol–water partition coefficient (Wildman–Crippen LogP) is 4.88. The molecule has 0 radical (unpaired) electrons. The van der Waals surface area contributed by atoms with E-state index in [1.807, 2.05) is 25.1 Å². The molecule has 2 aromatic carbocycles. The van der Waals surface area contributed by atoms with Crippen LogP contribution in [0.15, 0.2) is 59.0 Å². The van der Waals surface area contributed by atoms with Crippen LogP contribution < -0.4 is 10.9 Å². The summed E-state index contributed by atoms with van der Waals surface area (Å²) < 4.78 is 2.52. The van der Waals surface area contributed by atoms with Crippen molar-refractivity contribution in [2.75, 3.05) is 11.1 Å². The van der Waals surface area contributed by atoms with E-state index in [2.05, 4.69) is 21.9 Å². The second kappa shape index (κ2) is 8.59. The number of thiazole rings is 1. The first-order valence-corrected chi connectivity index (χ1v) is 11.2. The first kappa shape index (κ1) is 20.6. The fraction of sp³-hybridized carbons (Fsp3) is 0.143. The van der Waals surface area contributed by atoms with E-state index in [-0.39, 0.29) is 17.2 Å². The van der Waals surface area contributed by atoms with Gasteiger partial charge in [-0.3, -0.25) is 14.2 Å².